The van der Waals surface area contributed by atoms with E-state index < -0.39 is 22.0 Å². The number of carbonyl (C=O) groups excluding carboxylic acids is 1. The molecule has 0 aromatic heterocycles. The number of sulfonamides is 1. The third kappa shape index (κ3) is 6.33. The molecule has 7 nitrogen and oxygen atoms in total. The first-order valence-corrected chi connectivity index (χ1v) is 11.6. The highest BCUT2D eigenvalue weighted by Crippen LogP contribution is 2.31. The van der Waals surface area contributed by atoms with Gasteiger partial charge in [0.1, 0.15) is 23.5 Å². The smallest absolute Gasteiger partial charge is 0.251 e. The Kier molecular flexibility index (Phi) is 7.60. The zero-order valence-electron chi connectivity index (χ0n) is 16.0. The van der Waals surface area contributed by atoms with Crippen LogP contribution >= 0.6 is 23.2 Å². The second-order valence-corrected chi connectivity index (χ2v) is 9.60. The Morgan fingerprint density at radius 2 is 1.93 bits per heavy atom. The summed E-state index contributed by atoms with van der Waals surface area (Å²) in [4.78, 5) is 12.4. The quantitative estimate of drug-likeness (QED) is 0.492. The molecule has 1 fully saturated rings. The van der Waals surface area contributed by atoms with E-state index in [4.69, 9.17) is 27.9 Å². The summed E-state index contributed by atoms with van der Waals surface area (Å²) in [6.45, 7) is 0.204. The van der Waals surface area contributed by atoms with E-state index >= 15 is 0 Å². The van der Waals surface area contributed by atoms with Crippen LogP contribution in [0.15, 0.2) is 47.4 Å². The lowest BCUT2D eigenvalue weighted by molar-refractivity contribution is 0.0843. The van der Waals surface area contributed by atoms with Crippen LogP contribution < -0.4 is 14.8 Å². The predicted molar refractivity (Wildman–Crippen MR) is 115 cm³/mol. The molecular formula is C20H22Cl2N2O5S. The molecule has 0 bridgehead atoms. The van der Waals surface area contributed by atoms with E-state index in [1.54, 1.807) is 18.2 Å². The number of amides is 1. The lowest BCUT2D eigenvalue weighted by Crippen LogP contribution is -2.35. The number of carbonyl (C=O) groups is 1. The largest absolute Gasteiger partial charge is 0.489 e. The molecule has 30 heavy (non-hydrogen) atoms. The molecule has 2 aromatic carbocycles. The maximum atomic E-state index is 12.4. The molecule has 0 spiro atoms. The molecule has 1 unspecified atom stereocenters. The minimum Gasteiger partial charge on any atom is -0.489 e. The fourth-order valence-electron chi connectivity index (χ4n) is 2.59. The van der Waals surface area contributed by atoms with Gasteiger partial charge in [-0.15, -0.1) is 0 Å². The standard InChI is InChI=1S/C20H22Cl2N2O5S/c21-17-5-2-6-18(19(17)22)29-12-15(25)11-23-20(26)14-3-1-4-16(9-14)30(27,28)24-10-13-7-8-13/h1-6,9,13,15,24-25H,7-8,10-12H2,(H,23,26). The maximum Gasteiger partial charge on any atom is 0.251 e. The lowest BCUT2D eigenvalue weighted by Gasteiger charge is -2.14. The van der Waals surface area contributed by atoms with Crippen LogP contribution in [0.25, 0.3) is 0 Å². The first-order chi connectivity index (χ1) is 14.3. The second kappa shape index (κ2) is 9.98. The lowest BCUT2D eigenvalue weighted by atomic mass is 10.2. The van der Waals surface area contributed by atoms with Crippen LogP contribution in [0.2, 0.25) is 10.0 Å². The van der Waals surface area contributed by atoms with Gasteiger partial charge < -0.3 is 15.2 Å². The summed E-state index contributed by atoms with van der Waals surface area (Å²) >= 11 is 11.9. The van der Waals surface area contributed by atoms with Gasteiger partial charge in [-0.05, 0) is 49.1 Å². The molecule has 1 saturated carbocycles. The first kappa shape index (κ1) is 22.8. The van der Waals surface area contributed by atoms with E-state index in [1.165, 1.54) is 24.3 Å². The van der Waals surface area contributed by atoms with Crippen LogP contribution in [0.3, 0.4) is 0 Å². The summed E-state index contributed by atoms with van der Waals surface area (Å²) in [6, 6.07) is 10.6. The van der Waals surface area contributed by atoms with Gasteiger partial charge in [-0.3, -0.25) is 4.79 Å². The number of aliphatic hydroxyl groups is 1. The van der Waals surface area contributed by atoms with Crippen LogP contribution in [-0.2, 0) is 10.0 Å². The van der Waals surface area contributed by atoms with Crippen LogP contribution in [0.5, 0.6) is 5.75 Å². The molecule has 3 N–H and O–H groups in total. The molecule has 1 aliphatic rings. The fourth-order valence-corrected chi connectivity index (χ4v) is 4.10. The Balaban J connectivity index is 1.52. The van der Waals surface area contributed by atoms with Crippen molar-refractivity contribution in [2.75, 3.05) is 19.7 Å². The molecule has 1 aliphatic carbocycles. The molecule has 0 radical (unpaired) electrons. The first-order valence-electron chi connectivity index (χ1n) is 9.39. The number of aliphatic hydroxyl groups excluding tert-OH is 1. The summed E-state index contributed by atoms with van der Waals surface area (Å²) in [5.41, 5.74) is 0.176. The van der Waals surface area contributed by atoms with E-state index in [2.05, 4.69) is 10.0 Å². The van der Waals surface area contributed by atoms with Gasteiger partial charge in [-0.2, -0.15) is 0 Å². The molecule has 0 aliphatic heterocycles. The fraction of sp³-hybridized carbons (Fsp3) is 0.350. The topological polar surface area (TPSA) is 105 Å². The second-order valence-electron chi connectivity index (χ2n) is 7.05. The number of benzene rings is 2. The van der Waals surface area contributed by atoms with Gasteiger partial charge >= 0.3 is 0 Å². The SMILES string of the molecule is O=C(NCC(O)COc1cccc(Cl)c1Cl)c1cccc(S(=O)(=O)NCC2CC2)c1. The Morgan fingerprint density at radius 1 is 1.20 bits per heavy atom. The maximum absolute atomic E-state index is 12.4. The van der Waals surface area contributed by atoms with Crippen molar-refractivity contribution in [2.24, 2.45) is 5.92 Å². The number of nitrogens with one attached hydrogen (secondary N) is 2. The highest BCUT2D eigenvalue weighted by Gasteiger charge is 2.24. The van der Waals surface area contributed by atoms with Gasteiger partial charge in [-0.25, -0.2) is 13.1 Å². The molecule has 1 amide bonds. The van der Waals surface area contributed by atoms with E-state index in [0.717, 1.165) is 12.8 Å². The van der Waals surface area contributed by atoms with Gasteiger partial charge in [0, 0.05) is 18.7 Å². The average molecular weight is 473 g/mol. The molecule has 162 valence electrons. The zero-order chi connectivity index (χ0) is 21.7. The van der Waals surface area contributed by atoms with Crippen LogP contribution in [0.4, 0.5) is 0 Å². The van der Waals surface area contributed by atoms with Crippen LogP contribution in [0, 0.1) is 5.92 Å². The molecule has 2 aromatic rings. The predicted octanol–water partition coefficient (Wildman–Crippen LogP) is 2.85. The molecule has 10 heteroatoms. The molecule has 3 rings (SSSR count). The van der Waals surface area contributed by atoms with Crippen molar-refractivity contribution in [3.63, 3.8) is 0 Å². The van der Waals surface area contributed by atoms with Gasteiger partial charge in [0.2, 0.25) is 10.0 Å². The van der Waals surface area contributed by atoms with Crippen molar-refractivity contribution in [2.45, 2.75) is 23.8 Å². The third-order valence-corrected chi connectivity index (χ3v) is 6.73. The molecular weight excluding hydrogens is 451 g/mol. The van der Waals surface area contributed by atoms with Gasteiger partial charge in [0.15, 0.2) is 0 Å². The number of rotatable bonds is 10. The summed E-state index contributed by atoms with van der Waals surface area (Å²) in [7, 11) is -3.67. The highest BCUT2D eigenvalue weighted by molar-refractivity contribution is 7.89. The van der Waals surface area contributed by atoms with Crippen molar-refractivity contribution in [1.82, 2.24) is 10.0 Å². The van der Waals surface area contributed by atoms with Crippen LogP contribution in [0.1, 0.15) is 23.2 Å². The van der Waals surface area contributed by atoms with E-state index in [-0.39, 0.29) is 28.6 Å². The number of hydrogen-bond donors (Lipinski definition) is 3. The van der Waals surface area contributed by atoms with Gasteiger partial charge in [-0.1, -0.05) is 35.3 Å². The monoisotopic (exact) mass is 472 g/mol. The van der Waals surface area contributed by atoms with Crippen molar-refractivity contribution in [1.29, 1.82) is 0 Å². The molecule has 1 atom stereocenters. The Labute approximate surface area is 185 Å². The van der Waals surface area contributed by atoms with Crippen molar-refractivity contribution >= 4 is 39.1 Å². The highest BCUT2D eigenvalue weighted by atomic mass is 35.5. The minimum absolute atomic E-state index is 0.0234. The minimum atomic E-state index is -3.67. The van der Waals surface area contributed by atoms with Crippen molar-refractivity contribution in [3.05, 3.63) is 58.1 Å². The summed E-state index contributed by atoms with van der Waals surface area (Å²) in [5, 5.41) is 13.2. The molecule has 0 saturated heterocycles. The Morgan fingerprint density at radius 3 is 2.67 bits per heavy atom. The van der Waals surface area contributed by atoms with Gasteiger partial charge in [0.25, 0.3) is 5.91 Å². The number of halogens is 2. The third-order valence-electron chi connectivity index (χ3n) is 4.51. The van der Waals surface area contributed by atoms with Crippen molar-refractivity contribution in [3.8, 4) is 5.75 Å². The summed E-state index contributed by atoms with van der Waals surface area (Å²) in [6.07, 6.45) is 1.05. The Hall–Kier alpha value is -1.84. The number of hydrogen-bond acceptors (Lipinski definition) is 5. The number of ether oxygens (including phenoxy) is 1. The van der Waals surface area contributed by atoms with Gasteiger partial charge in [0.05, 0.1) is 9.92 Å². The van der Waals surface area contributed by atoms with E-state index in [0.29, 0.717) is 23.2 Å². The summed E-state index contributed by atoms with van der Waals surface area (Å²) < 4.78 is 32.7. The Bertz CT molecular complexity index is 1010. The van der Waals surface area contributed by atoms with Crippen LogP contribution in [-0.4, -0.2) is 45.2 Å². The zero-order valence-corrected chi connectivity index (χ0v) is 18.3. The average Bonchev–Trinajstić information content (AvgIpc) is 3.56. The van der Waals surface area contributed by atoms with Crippen molar-refractivity contribution < 1.29 is 23.1 Å². The van der Waals surface area contributed by atoms with E-state index in [9.17, 15) is 18.3 Å². The normalized spacial score (nSPS) is 14.9. The van der Waals surface area contributed by atoms with E-state index in [1.807, 2.05) is 0 Å². The summed E-state index contributed by atoms with van der Waals surface area (Å²) in [5.74, 6) is 0.219. The molecule has 0 heterocycles.